The third-order valence-electron chi connectivity index (χ3n) is 1.31. The van der Waals surface area contributed by atoms with E-state index >= 15 is 0 Å². The van der Waals surface area contributed by atoms with E-state index in [1.165, 1.54) is 6.42 Å². The second kappa shape index (κ2) is 4.98. The second-order valence-electron chi connectivity index (χ2n) is 2.32. The summed E-state index contributed by atoms with van der Waals surface area (Å²) in [4.78, 5) is 8.30. The number of aromatic nitrogens is 2. The van der Waals surface area contributed by atoms with Gasteiger partial charge in [0.25, 0.3) is 0 Å². The number of anilines is 1. The Labute approximate surface area is 77.0 Å². The fraction of sp³-hybridized carbons (Fsp3) is 0.500. The molecule has 0 fully saturated rings. The van der Waals surface area contributed by atoms with Crippen LogP contribution in [0.3, 0.4) is 0 Å². The first kappa shape index (κ1) is 9.32. The molecule has 0 atom stereocenters. The maximum atomic E-state index is 4.27. The zero-order chi connectivity index (χ0) is 8.81. The number of nitrogens with zero attached hydrogens (tertiary/aromatic N) is 2. The lowest BCUT2D eigenvalue weighted by molar-refractivity contribution is 1.03. The molecule has 1 aromatic heterocycles. The maximum absolute atomic E-state index is 4.27. The van der Waals surface area contributed by atoms with Crippen molar-refractivity contribution in [2.24, 2.45) is 0 Å². The first-order valence-electron chi connectivity index (χ1n) is 4.00. The summed E-state index contributed by atoms with van der Waals surface area (Å²) in [5.41, 5.74) is 0. The van der Waals surface area contributed by atoms with E-state index in [1.807, 2.05) is 13.1 Å². The van der Waals surface area contributed by atoms with Crippen molar-refractivity contribution in [1.82, 2.24) is 9.97 Å². The summed E-state index contributed by atoms with van der Waals surface area (Å²) >= 11 is 1.76. The molecule has 0 aromatic carbocycles. The minimum absolute atomic E-state index is 0.691. The van der Waals surface area contributed by atoms with E-state index in [0.717, 1.165) is 10.8 Å². The Balaban J connectivity index is 2.60. The molecule has 0 aliphatic rings. The van der Waals surface area contributed by atoms with E-state index in [1.54, 1.807) is 18.0 Å². The molecule has 0 spiro atoms. The maximum Gasteiger partial charge on any atom is 0.223 e. The van der Waals surface area contributed by atoms with Crippen molar-refractivity contribution in [1.29, 1.82) is 0 Å². The second-order valence-corrected chi connectivity index (χ2v) is 3.43. The average molecular weight is 183 g/mol. The molecule has 1 N–H and O–H groups in total. The van der Waals surface area contributed by atoms with Gasteiger partial charge < -0.3 is 5.32 Å². The van der Waals surface area contributed by atoms with Gasteiger partial charge in [-0.1, -0.05) is 6.92 Å². The molecule has 66 valence electrons. The smallest absolute Gasteiger partial charge is 0.223 e. The van der Waals surface area contributed by atoms with Gasteiger partial charge in [0.1, 0.15) is 5.03 Å². The van der Waals surface area contributed by atoms with Crippen LogP contribution in [0.15, 0.2) is 17.3 Å². The van der Waals surface area contributed by atoms with Gasteiger partial charge in [-0.25, -0.2) is 9.97 Å². The summed E-state index contributed by atoms with van der Waals surface area (Å²) in [6, 6.07) is 1.93. The Kier molecular flexibility index (Phi) is 3.87. The zero-order valence-corrected chi connectivity index (χ0v) is 8.19. The van der Waals surface area contributed by atoms with Gasteiger partial charge in [-0.2, -0.15) is 0 Å². The van der Waals surface area contributed by atoms with Gasteiger partial charge in [0, 0.05) is 13.2 Å². The summed E-state index contributed by atoms with van der Waals surface area (Å²) in [5.74, 6) is 1.80. The van der Waals surface area contributed by atoms with Gasteiger partial charge in [-0.3, -0.25) is 0 Å². The monoisotopic (exact) mass is 183 g/mol. The summed E-state index contributed by atoms with van der Waals surface area (Å²) in [5, 5.41) is 3.95. The van der Waals surface area contributed by atoms with E-state index < -0.39 is 0 Å². The van der Waals surface area contributed by atoms with Crippen LogP contribution in [0.2, 0.25) is 0 Å². The van der Waals surface area contributed by atoms with Crippen molar-refractivity contribution in [3.8, 4) is 0 Å². The molecule has 1 rings (SSSR count). The number of rotatable bonds is 4. The largest absolute Gasteiger partial charge is 0.357 e. The summed E-state index contributed by atoms with van der Waals surface area (Å²) in [6.07, 6.45) is 2.94. The van der Waals surface area contributed by atoms with Crippen LogP contribution in [0, 0.1) is 0 Å². The molecule has 0 radical (unpaired) electrons. The predicted molar refractivity (Wildman–Crippen MR) is 52.6 cm³/mol. The fourth-order valence-electron chi connectivity index (χ4n) is 0.750. The Morgan fingerprint density at radius 1 is 1.58 bits per heavy atom. The molecule has 0 saturated heterocycles. The summed E-state index contributed by atoms with van der Waals surface area (Å²) < 4.78 is 0. The van der Waals surface area contributed by atoms with Crippen LogP contribution in [-0.4, -0.2) is 22.8 Å². The molecule has 1 heterocycles. The molecule has 1 aromatic rings. The first-order chi connectivity index (χ1) is 5.86. The highest BCUT2D eigenvalue weighted by atomic mass is 32.2. The average Bonchev–Trinajstić information content (AvgIpc) is 2.15. The molecular formula is C8H13N3S. The van der Waals surface area contributed by atoms with E-state index in [2.05, 4.69) is 22.2 Å². The van der Waals surface area contributed by atoms with Gasteiger partial charge in [-0.05, 0) is 18.2 Å². The van der Waals surface area contributed by atoms with Crippen molar-refractivity contribution in [3.63, 3.8) is 0 Å². The lowest BCUT2D eigenvalue weighted by Crippen LogP contribution is -1.95. The Morgan fingerprint density at radius 3 is 3.08 bits per heavy atom. The van der Waals surface area contributed by atoms with Crippen LogP contribution in [0.5, 0.6) is 0 Å². The van der Waals surface area contributed by atoms with Gasteiger partial charge >= 0.3 is 0 Å². The minimum Gasteiger partial charge on any atom is -0.357 e. The molecule has 3 nitrogen and oxygen atoms in total. The normalized spacial score (nSPS) is 9.83. The van der Waals surface area contributed by atoms with Gasteiger partial charge in [0.15, 0.2) is 0 Å². The van der Waals surface area contributed by atoms with Crippen LogP contribution in [0.4, 0.5) is 5.95 Å². The molecule has 12 heavy (non-hydrogen) atoms. The molecule has 0 unspecified atom stereocenters. The topological polar surface area (TPSA) is 37.8 Å². The number of nitrogens with one attached hydrogen (secondary N) is 1. The summed E-state index contributed by atoms with van der Waals surface area (Å²) in [7, 11) is 1.82. The first-order valence-corrected chi connectivity index (χ1v) is 4.99. The molecule has 0 aliphatic carbocycles. The Bertz CT molecular complexity index is 239. The molecular weight excluding hydrogens is 170 g/mol. The highest BCUT2D eigenvalue weighted by molar-refractivity contribution is 7.99. The fourth-order valence-corrected chi connectivity index (χ4v) is 1.47. The Morgan fingerprint density at radius 2 is 2.42 bits per heavy atom. The number of hydrogen-bond acceptors (Lipinski definition) is 4. The Hall–Kier alpha value is -0.770. The van der Waals surface area contributed by atoms with E-state index in [4.69, 9.17) is 0 Å². The van der Waals surface area contributed by atoms with Crippen LogP contribution in [-0.2, 0) is 0 Å². The van der Waals surface area contributed by atoms with Gasteiger partial charge in [-0.15, -0.1) is 11.8 Å². The van der Waals surface area contributed by atoms with E-state index in [0.29, 0.717) is 5.95 Å². The lowest BCUT2D eigenvalue weighted by Gasteiger charge is -2.00. The SMILES string of the molecule is CCCSc1ccnc(NC)n1. The van der Waals surface area contributed by atoms with Crippen LogP contribution in [0.1, 0.15) is 13.3 Å². The summed E-state index contributed by atoms with van der Waals surface area (Å²) in [6.45, 7) is 2.16. The van der Waals surface area contributed by atoms with Crippen LogP contribution < -0.4 is 5.32 Å². The lowest BCUT2D eigenvalue weighted by atomic mass is 10.6. The van der Waals surface area contributed by atoms with Crippen molar-refractivity contribution in [2.75, 3.05) is 18.1 Å². The van der Waals surface area contributed by atoms with Crippen molar-refractivity contribution < 1.29 is 0 Å². The van der Waals surface area contributed by atoms with E-state index in [-0.39, 0.29) is 0 Å². The van der Waals surface area contributed by atoms with Crippen molar-refractivity contribution >= 4 is 17.7 Å². The molecule has 0 aliphatic heterocycles. The number of hydrogen-bond donors (Lipinski definition) is 1. The highest BCUT2D eigenvalue weighted by Crippen LogP contribution is 2.15. The quantitative estimate of drug-likeness (QED) is 0.572. The van der Waals surface area contributed by atoms with Gasteiger partial charge in [0.2, 0.25) is 5.95 Å². The standard InChI is InChI=1S/C8H13N3S/c1-3-6-12-7-4-5-10-8(9-2)11-7/h4-5H,3,6H2,1-2H3,(H,9,10,11). The highest BCUT2D eigenvalue weighted by Gasteiger charge is 1.96. The molecule has 0 saturated carbocycles. The van der Waals surface area contributed by atoms with E-state index in [9.17, 15) is 0 Å². The molecule has 4 heteroatoms. The molecule has 0 amide bonds. The number of thioether (sulfide) groups is 1. The zero-order valence-electron chi connectivity index (χ0n) is 7.37. The third-order valence-corrected chi connectivity index (χ3v) is 2.44. The van der Waals surface area contributed by atoms with Crippen LogP contribution >= 0.6 is 11.8 Å². The minimum atomic E-state index is 0.691. The molecule has 0 bridgehead atoms. The van der Waals surface area contributed by atoms with Crippen LogP contribution in [0.25, 0.3) is 0 Å². The third kappa shape index (κ3) is 2.70. The predicted octanol–water partition coefficient (Wildman–Crippen LogP) is 2.02. The van der Waals surface area contributed by atoms with Gasteiger partial charge in [0.05, 0.1) is 0 Å². The van der Waals surface area contributed by atoms with Crippen molar-refractivity contribution in [3.05, 3.63) is 12.3 Å². The van der Waals surface area contributed by atoms with Crippen molar-refractivity contribution in [2.45, 2.75) is 18.4 Å².